The van der Waals surface area contributed by atoms with Crippen molar-refractivity contribution < 1.29 is 9.21 Å². The van der Waals surface area contributed by atoms with Crippen molar-refractivity contribution in [1.29, 1.82) is 0 Å². The summed E-state index contributed by atoms with van der Waals surface area (Å²) in [6.45, 7) is 2.02. The number of amides is 1. The Morgan fingerprint density at radius 3 is 2.35 bits per heavy atom. The predicted octanol–water partition coefficient (Wildman–Crippen LogP) is 4.21. The Labute approximate surface area is 157 Å². The second-order valence-corrected chi connectivity index (χ2v) is 6.62. The van der Waals surface area contributed by atoms with Crippen LogP contribution in [0.15, 0.2) is 59.0 Å². The first-order valence-corrected chi connectivity index (χ1v) is 8.74. The molecule has 3 aromatic rings. The van der Waals surface area contributed by atoms with Crippen LogP contribution in [0.3, 0.4) is 0 Å². The highest BCUT2D eigenvalue weighted by molar-refractivity contribution is 6.30. The van der Waals surface area contributed by atoms with E-state index in [1.165, 1.54) is 0 Å². The largest absolute Gasteiger partial charge is 0.424 e. The molecule has 3 rings (SSSR count). The molecular weight excluding hydrogens is 350 g/mol. The number of benzene rings is 2. The van der Waals surface area contributed by atoms with E-state index in [1.807, 2.05) is 54.6 Å². The lowest BCUT2D eigenvalue weighted by Crippen LogP contribution is -2.28. The fraction of sp³-hybridized carbons (Fsp3) is 0.250. The summed E-state index contributed by atoms with van der Waals surface area (Å²) in [5.74, 6) is 0.878. The zero-order chi connectivity index (χ0) is 18.5. The number of carbonyl (C=O) groups excluding carboxylic acids is 1. The highest BCUT2D eigenvalue weighted by Crippen LogP contribution is 2.29. The van der Waals surface area contributed by atoms with Crippen molar-refractivity contribution in [2.45, 2.75) is 25.8 Å². The molecule has 0 saturated heterocycles. The molecule has 134 valence electrons. The van der Waals surface area contributed by atoms with Crippen molar-refractivity contribution in [2.24, 2.45) is 0 Å². The van der Waals surface area contributed by atoms with Crippen LogP contribution < -0.4 is 0 Å². The summed E-state index contributed by atoms with van der Waals surface area (Å²) >= 11 is 6.01. The van der Waals surface area contributed by atoms with Gasteiger partial charge in [-0.3, -0.25) is 4.79 Å². The maximum Gasteiger partial charge on any atom is 0.235 e. The Morgan fingerprint density at radius 2 is 1.73 bits per heavy atom. The summed E-state index contributed by atoms with van der Waals surface area (Å²) in [5, 5.41) is 8.42. The quantitative estimate of drug-likeness (QED) is 0.653. The molecule has 1 aromatic heterocycles. The summed E-state index contributed by atoms with van der Waals surface area (Å²) in [7, 11) is 1.74. The lowest BCUT2D eigenvalue weighted by molar-refractivity contribution is -0.130. The number of hydrogen-bond acceptors (Lipinski definition) is 4. The number of halogens is 1. The standard InChI is InChI=1S/C20H20ClN3O2/c1-14-22-23-19(26-14)13-24(2)20(25)12-18(15-6-4-3-5-7-15)16-8-10-17(21)11-9-16/h3-11,18H,12-13H2,1-2H3/t18-/m1/s1. The Kier molecular flexibility index (Phi) is 5.68. The van der Waals surface area contributed by atoms with Gasteiger partial charge in [-0.1, -0.05) is 54.1 Å². The van der Waals surface area contributed by atoms with Crippen molar-refractivity contribution in [3.63, 3.8) is 0 Å². The monoisotopic (exact) mass is 369 g/mol. The van der Waals surface area contributed by atoms with Gasteiger partial charge in [0, 0.05) is 31.3 Å². The average Bonchev–Trinajstić information content (AvgIpc) is 3.06. The van der Waals surface area contributed by atoms with E-state index in [2.05, 4.69) is 10.2 Å². The molecule has 1 amide bonds. The second-order valence-electron chi connectivity index (χ2n) is 6.18. The van der Waals surface area contributed by atoms with Crippen molar-refractivity contribution in [3.05, 3.63) is 82.5 Å². The van der Waals surface area contributed by atoms with Crippen LogP contribution in [0.25, 0.3) is 0 Å². The van der Waals surface area contributed by atoms with Gasteiger partial charge >= 0.3 is 0 Å². The average molecular weight is 370 g/mol. The minimum atomic E-state index is -0.0483. The van der Waals surface area contributed by atoms with Crippen LogP contribution in [-0.4, -0.2) is 28.1 Å². The van der Waals surface area contributed by atoms with Crippen molar-refractivity contribution in [1.82, 2.24) is 15.1 Å². The minimum absolute atomic E-state index is 0.00431. The third-order valence-corrected chi connectivity index (χ3v) is 4.47. The molecule has 0 unspecified atom stereocenters. The van der Waals surface area contributed by atoms with Crippen LogP contribution >= 0.6 is 11.6 Å². The zero-order valence-corrected chi connectivity index (χ0v) is 15.5. The molecule has 6 heteroatoms. The molecule has 1 atom stereocenters. The van der Waals surface area contributed by atoms with Gasteiger partial charge in [-0.2, -0.15) is 0 Å². The first kappa shape index (κ1) is 18.1. The van der Waals surface area contributed by atoms with Gasteiger partial charge in [0.15, 0.2) is 0 Å². The third kappa shape index (κ3) is 4.49. The van der Waals surface area contributed by atoms with Crippen molar-refractivity contribution >= 4 is 17.5 Å². The highest BCUT2D eigenvalue weighted by Gasteiger charge is 2.21. The van der Waals surface area contributed by atoms with E-state index in [1.54, 1.807) is 18.9 Å². The first-order valence-electron chi connectivity index (χ1n) is 8.36. The topological polar surface area (TPSA) is 59.2 Å². The van der Waals surface area contributed by atoms with E-state index >= 15 is 0 Å². The van der Waals surface area contributed by atoms with Gasteiger partial charge in [0.25, 0.3) is 0 Å². The molecule has 5 nitrogen and oxygen atoms in total. The SMILES string of the molecule is Cc1nnc(CN(C)C(=O)C[C@H](c2ccccc2)c2ccc(Cl)cc2)o1. The van der Waals surface area contributed by atoms with Crippen LogP contribution in [0.5, 0.6) is 0 Å². The Balaban J connectivity index is 1.78. The van der Waals surface area contributed by atoms with Crippen LogP contribution in [-0.2, 0) is 11.3 Å². The maximum atomic E-state index is 12.8. The molecule has 1 heterocycles. The van der Waals surface area contributed by atoms with Gasteiger partial charge < -0.3 is 9.32 Å². The van der Waals surface area contributed by atoms with E-state index < -0.39 is 0 Å². The van der Waals surface area contributed by atoms with Crippen LogP contribution in [0, 0.1) is 6.92 Å². The van der Waals surface area contributed by atoms with Crippen molar-refractivity contribution in [2.75, 3.05) is 7.05 Å². The van der Waals surface area contributed by atoms with E-state index in [0.29, 0.717) is 29.8 Å². The van der Waals surface area contributed by atoms with Gasteiger partial charge in [0.1, 0.15) is 0 Å². The number of aromatic nitrogens is 2. The fourth-order valence-electron chi connectivity index (χ4n) is 2.83. The predicted molar refractivity (Wildman–Crippen MR) is 99.9 cm³/mol. The number of rotatable bonds is 6. The molecule has 26 heavy (non-hydrogen) atoms. The molecule has 0 radical (unpaired) electrons. The smallest absolute Gasteiger partial charge is 0.235 e. The van der Waals surface area contributed by atoms with E-state index in [-0.39, 0.29) is 11.8 Å². The molecule has 0 aliphatic heterocycles. The zero-order valence-electron chi connectivity index (χ0n) is 14.7. The first-order chi connectivity index (χ1) is 12.5. The molecular formula is C20H20ClN3O2. The number of nitrogens with zero attached hydrogens (tertiary/aromatic N) is 3. The third-order valence-electron chi connectivity index (χ3n) is 4.22. The van der Waals surface area contributed by atoms with Gasteiger partial charge in [-0.25, -0.2) is 0 Å². The van der Waals surface area contributed by atoms with E-state index in [4.69, 9.17) is 16.0 Å². The molecule has 0 bridgehead atoms. The van der Waals surface area contributed by atoms with Crippen molar-refractivity contribution in [3.8, 4) is 0 Å². The van der Waals surface area contributed by atoms with Gasteiger partial charge in [-0.15, -0.1) is 10.2 Å². The molecule has 0 fully saturated rings. The van der Waals surface area contributed by atoms with Crippen LogP contribution in [0.4, 0.5) is 0 Å². The van der Waals surface area contributed by atoms with E-state index in [0.717, 1.165) is 11.1 Å². The molecule has 0 aliphatic rings. The lowest BCUT2D eigenvalue weighted by Gasteiger charge is -2.21. The summed E-state index contributed by atoms with van der Waals surface area (Å²) in [6, 6.07) is 17.6. The summed E-state index contributed by atoms with van der Waals surface area (Å²) in [6.07, 6.45) is 0.343. The van der Waals surface area contributed by atoms with Gasteiger partial charge in [0.2, 0.25) is 17.7 Å². The molecule has 0 aliphatic carbocycles. The van der Waals surface area contributed by atoms with Crippen LogP contribution in [0.1, 0.15) is 35.2 Å². The highest BCUT2D eigenvalue weighted by atomic mass is 35.5. The van der Waals surface area contributed by atoms with Gasteiger partial charge in [-0.05, 0) is 23.3 Å². The number of hydrogen-bond donors (Lipinski definition) is 0. The Morgan fingerprint density at radius 1 is 1.08 bits per heavy atom. The lowest BCUT2D eigenvalue weighted by atomic mass is 9.88. The second kappa shape index (κ2) is 8.15. The molecule has 0 spiro atoms. The normalized spacial score (nSPS) is 12.0. The Hall–Kier alpha value is -2.66. The number of carbonyl (C=O) groups is 1. The summed E-state index contributed by atoms with van der Waals surface area (Å²) < 4.78 is 5.36. The fourth-order valence-corrected chi connectivity index (χ4v) is 2.96. The summed E-state index contributed by atoms with van der Waals surface area (Å²) in [5.41, 5.74) is 2.14. The maximum absolute atomic E-state index is 12.8. The summed E-state index contributed by atoms with van der Waals surface area (Å²) in [4.78, 5) is 14.4. The minimum Gasteiger partial charge on any atom is -0.424 e. The van der Waals surface area contributed by atoms with Gasteiger partial charge in [0.05, 0.1) is 6.54 Å². The van der Waals surface area contributed by atoms with Crippen LogP contribution in [0.2, 0.25) is 5.02 Å². The molecule has 0 N–H and O–H groups in total. The molecule has 2 aromatic carbocycles. The van der Waals surface area contributed by atoms with E-state index in [9.17, 15) is 4.79 Å². The Bertz CT molecular complexity index is 862. The molecule has 0 saturated carbocycles. The number of aryl methyl sites for hydroxylation is 1.